The molecule has 47 heavy (non-hydrogen) atoms. The van der Waals surface area contributed by atoms with Crippen molar-refractivity contribution in [3.8, 4) is 23.0 Å². The lowest BCUT2D eigenvalue weighted by molar-refractivity contribution is -0.130. The first-order valence-corrected chi connectivity index (χ1v) is 16.1. The Kier molecular flexibility index (Phi) is 7.12. The van der Waals surface area contributed by atoms with Gasteiger partial charge in [-0.25, -0.2) is 17.6 Å². The number of aromatic hydroxyl groups is 1. The Bertz CT molecular complexity index is 1940. The number of carbonyl (C=O) groups excluding carboxylic acids is 1. The van der Waals surface area contributed by atoms with Crippen LogP contribution in [0.4, 0.5) is 17.6 Å². The summed E-state index contributed by atoms with van der Waals surface area (Å²) in [6.07, 6.45) is 6.66. The van der Waals surface area contributed by atoms with Crippen molar-refractivity contribution in [1.82, 2.24) is 24.8 Å². The molecule has 8 rings (SSSR count). The zero-order valence-corrected chi connectivity index (χ0v) is 25.6. The lowest BCUT2D eigenvalue weighted by Gasteiger charge is -2.38. The summed E-state index contributed by atoms with van der Waals surface area (Å²) < 4.78 is 66.9. The van der Waals surface area contributed by atoms with Crippen LogP contribution in [0.2, 0.25) is 0 Å². The molecule has 6 heterocycles. The summed E-state index contributed by atoms with van der Waals surface area (Å²) in [4.78, 5) is 30.3. The molecule has 2 aromatic carbocycles. The van der Waals surface area contributed by atoms with Crippen molar-refractivity contribution in [2.24, 2.45) is 0 Å². The third-order valence-electron chi connectivity index (χ3n) is 10.7. The fourth-order valence-corrected chi connectivity index (χ4v) is 8.70. The van der Waals surface area contributed by atoms with Gasteiger partial charge in [-0.05, 0) is 74.7 Å². The predicted molar refractivity (Wildman–Crippen MR) is 166 cm³/mol. The number of nitrogens with zero attached hydrogens (tertiary/aromatic N) is 5. The van der Waals surface area contributed by atoms with Crippen LogP contribution in [0.25, 0.3) is 32.9 Å². The third-order valence-corrected chi connectivity index (χ3v) is 10.7. The zero-order chi connectivity index (χ0) is 32.6. The van der Waals surface area contributed by atoms with Crippen molar-refractivity contribution >= 4 is 27.6 Å². The van der Waals surface area contributed by atoms with E-state index in [1.165, 1.54) is 24.4 Å². The standard InChI is InChI=1S/C35H33F4N5O3/c1-2-27(46)44-21-5-6-22(44)11-19(10-21)31-25-15-40-32(24-13-23(45)12-18-4-7-26(37)29(38)28(18)24)30(39)33(25)42-34(41-31)47-17-35-8-3-9-43(35)16-20(36)14-35/h2,4,7,12-13,15,19-22,45H,1,3,5-6,8-11,14,16-17H2/t19?,20-,21?,22?,35+/m1/s1. The van der Waals surface area contributed by atoms with Gasteiger partial charge < -0.3 is 14.7 Å². The van der Waals surface area contributed by atoms with Gasteiger partial charge in [0.05, 0.1) is 11.2 Å². The molecule has 4 fully saturated rings. The van der Waals surface area contributed by atoms with E-state index in [0.717, 1.165) is 44.4 Å². The van der Waals surface area contributed by atoms with Gasteiger partial charge in [-0.1, -0.05) is 12.6 Å². The summed E-state index contributed by atoms with van der Waals surface area (Å²) >= 11 is 0. The van der Waals surface area contributed by atoms with E-state index < -0.39 is 29.2 Å². The molecule has 0 radical (unpaired) electrons. The summed E-state index contributed by atoms with van der Waals surface area (Å²) in [6.45, 7) is 4.91. The summed E-state index contributed by atoms with van der Waals surface area (Å²) in [5, 5.41) is 10.7. The van der Waals surface area contributed by atoms with Crippen LogP contribution in [-0.4, -0.2) is 79.3 Å². The van der Waals surface area contributed by atoms with Crippen LogP contribution < -0.4 is 4.74 Å². The number of hydrogen-bond donors (Lipinski definition) is 1. The Labute approximate surface area is 268 Å². The maximum atomic E-state index is 16.7. The quantitative estimate of drug-likeness (QED) is 0.193. The smallest absolute Gasteiger partial charge is 0.317 e. The number of aromatic nitrogens is 3. The first-order valence-electron chi connectivity index (χ1n) is 16.1. The fourth-order valence-electron chi connectivity index (χ4n) is 8.70. The molecular weight excluding hydrogens is 614 g/mol. The van der Waals surface area contributed by atoms with E-state index in [9.17, 15) is 18.7 Å². The molecule has 244 valence electrons. The van der Waals surface area contributed by atoms with Gasteiger partial charge in [-0.3, -0.25) is 14.7 Å². The summed E-state index contributed by atoms with van der Waals surface area (Å²) in [7, 11) is 0. The first kappa shape index (κ1) is 30.0. The fraction of sp³-hybridized carbons (Fsp3) is 0.429. The lowest BCUT2D eigenvalue weighted by atomic mass is 9.86. The van der Waals surface area contributed by atoms with Crippen molar-refractivity contribution in [1.29, 1.82) is 0 Å². The number of pyridine rings is 1. The minimum absolute atomic E-state index is 0.0295. The Morgan fingerprint density at radius 3 is 2.68 bits per heavy atom. The van der Waals surface area contributed by atoms with Crippen molar-refractivity contribution in [2.75, 3.05) is 19.7 Å². The van der Waals surface area contributed by atoms with Crippen LogP contribution in [-0.2, 0) is 4.79 Å². The Morgan fingerprint density at radius 1 is 1.13 bits per heavy atom. The summed E-state index contributed by atoms with van der Waals surface area (Å²) in [5.41, 5.74) is -0.525. The lowest BCUT2D eigenvalue weighted by Crippen LogP contribution is -2.45. The van der Waals surface area contributed by atoms with Crippen LogP contribution in [0.15, 0.2) is 43.1 Å². The highest BCUT2D eigenvalue weighted by Gasteiger charge is 2.49. The highest BCUT2D eigenvalue weighted by Crippen LogP contribution is 2.46. The van der Waals surface area contributed by atoms with Gasteiger partial charge in [-0.15, -0.1) is 0 Å². The average molecular weight is 648 g/mol. The second-order valence-electron chi connectivity index (χ2n) is 13.4. The number of ether oxygens (including phenoxy) is 1. The minimum Gasteiger partial charge on any atom is -0.508 e. The van der Waals surface area contributed by atoms with E-state index >= 15 is 8.78 Å². The van der Waals surface area contributed by atoms with E-state index in [0.29, 0.717) is 36.9 Å². The predicted octanol–water partition coefficient (Wildman–Crippen LogP) is 6.35. The van der Waals surface area contributed by atoms with Crippen LogP contribution in [0.1, 0.15) is 56.6 Å². The number of amides is 1. The molecule has 0 spiro atoms. The molecule has 4 saturated heterocycles. The Balaban J connectivity index is 1.25. The highest BCUT2D eigenvalue weighted by atomic mass is 19.2. The average Bonchev–Trinajstić information content (AvgIpc) is 3.67. The van der Waals surface area contributed by atoms with E-state index in [1.807, 2.05) is 4.90 Å². The number of hydrogen-bond acceptors (Lipinski definition) is 7. The van der Waals surface area contributed by atoms with E-state index in [2.05, 4.69) is 21.4 Å². The number of rotatable bonds is 6. The van der Waals surface area contributed by atoms with E-state index in [4.69, 9.17) is 9.72 Å². The highest BCUT2D eigenvalue weighted by molar-refractivity contribution is 5.99. The second-order valence-corrected chi connectivity index (χ2v) is 13.4. The molecule has 0 saturated carbocycles. The molecule has 4 aliphatic rings. The van der Waals surface area contributed by atoms with E-state index in [1.54, 1.807) is 0 Å². The van der Waals surface area contributed by atoms with Gasteiger partial charge in [0.1, 0.15) is 29.7 Å². The topological polar surface area (TPSA) is 91.7 Å². The van der Waals surface area contributed by atoms with Crippen molar-refractivity contribution in [2.45, 2.75) is 74.7 Å². The molecule has 0 aliphatic carbocycles. The molecule has 4 aromatic rings. The minimum atomic E-state index is -1.19. The Hall–Kier alpha value is -4.32. The molecule has 1 N–H and O–H groups in total. The van der Waals surface area contributed by atoms with Crippen LogP contribution in [0.5, 0.6) is 11.8 Å². The van der Waals surface area contributed by atoms with Gasteiger partial charge >= 0.3 is 6.01 Å². The van der Waals surface area contributed by atoms with Crippen molar-refractivity contribution < 1.29 is 32.2 Å². The molecule has 8 nitrogen and oxygen atoms in total. The maximum absolute atomic E-state index is 16.7. The molecule has 2 unspecified atom stereocenters. The maximum Gasteiger partial charge on any atom is 0.317 e. The number of piperidine rings is 1. The second kappa shape index (κ2) is 11.1. The van der Waals surface area contributed by atoms with Crippen molar-refractivity contribution in [3.63, 3.8) is 0 Å². The number of fused-ring (bicyclic) bond motifs is 5. The van der Waals surface area contributed by atoms with Gasteiger partial charge in [-0.2, -0.15) is 9.97 Å². The monoisotopic (exact) mass is 647 g/mol. The third kappa shape index (κ3) is 4.82. The largest absolute Gasteiger partial charge is 0.508 e. The first-order chi connectivity index (χ1) is 22.7. The van der Waals surface area contributed by atoms with Crippen LogP contribution in [0.3, 0.4) is 0 Å². The summed E-state index contributed by atoms with van der Waals surface area (Å²) in [6, 6.07) is 4.53. The molecule has 2 bridgehead atoms. The molecule has 2 aromatic heterocycles. The van der Waals surface area contributed by atoms with Gasteiger partial charge in [0.2, 0.25) is 5.91 Å². The zero-order valence-electron chi connectivity index (χ0n) is 25.6. The number of phenolic OH excluding ortho intramolecular Hbond substituents is 1. The summed E-state index contributed by atoms with van der Waals surface area (Å²) in [5.74, 6) is -3.77. The normalized spacial score (nSPS) is 27.1. The van der Waals surface area contributed by atoms with E-state index in [-0.39, 0.29) is 69.8 Å². The molecule has 4 atom stereocenters. The van der Waals surface area contributed by atoms with Gasteiger partial charge in [0.25, 0.3) is 0 Å². The number of phenols is 1. The number of alkyl halides is 1. The number of halogens is 4. The molecule has 1 amide bonds. The molecule has 4 aliphatic heterocycles. The van der Waals surface area contributed by atoms with Crippen molar-refractivity contribution in [3.05, 3.63) is 66.3 Å². The molecule has 12 heteroatoms. The number of carbonyl (C=O) groups is 1. The molecular formula is C35H33F4N5O3. The van der Waals surface area contributed by atoms with Crippen LogP contribution >= 0.6 is 0 Å². The van der Waals surface area contributed by atoms with Gasteiger partial charge in [0.15, 0.2) is 17.5 Å². The Morgan fingerprint density at radius 2 is 1.91 bits per heavy atom. The van der Waals surface area contributed by atoms with Gasteiger partial charge in [0, 0.05) is 53.5 Å². The number of benzene rings is 2. The van der Waals surface area contributed by atoms with Crippen LogP contribution in [0, 0.1) is 17.5 Å². The SMILES string of the molecule is C=CC(=O)N1C2CCC1CC(c1nc(OC[C@@]34CCCN3C[C@H](F)C4)nc3c(F)c(-c4cc(O)cc5ccc(F)c(F)c45)ncc13)C2.